The van der Waals surface area contributed by atoms with Crippen LogP contribution in [0.4, 0.5) is 0 Å². The number of rotatable bonds is 3. The second-order valence-electron chi connectivity index (χ2n) is 9.06. The van der Waals surface area contributed by atoms with Crippen LogP contribution >= 0.6 is 15.9 Å². The molecule has 0 bridgehead atoms. The fourth-order valence-corrected chi connectivity index (χ4v) is 5.59. The molecule has 168 valence electrons. The van der Waals surface area contributed by atoms with Crippen molar-refractivity contribution in [3.05, 3.63) is 113 Å². The molecule has 0 aliphatic heterocycles. The van der Waals surface area contributed by atoms with Crippen molar-refractivity contribution in [2.24, 2.45) is 0 Å². The Morgan fingerprint density at radius 2 is 1.26 bits per heavy atom. The van der Waals surface area contributed by atoms with E-state index in [0.717, 1.165) is 38.4 Å². The number of hydrogen-bond acceptors (Lipinski definition) is 1. The van der Waals surface area contributed by atoms with E-state index in [1.54, 1.807) is 0 Å². The van der Waals surface area contributed by atoms with Crippen LogP contribution in [-0.2, 0) is 6.42 Å². The van der Waals surface area contributed by atoms with Gasteiger partial charge in [0.25, 0.3) is 0 Å². The highest BCUT2D eigenvalue weighted by atomic mass is 79.9. The first kappa shape index (κ1) is 20.5. The highest BCUT2D eigenvalue weighted by molar-refractivity contribution is 9.10. The lowest BCUT2D eigenvalue weighted by molar-refractivity contribution is 0.669. The lowest BCUT2D eigenvalue weighted by atomic mass is 10.0. The molecule has 0 saturated heterocycles. The Bertz CT molecular complexity index is 1890. The predicted octanol–water partition coefficient (Wildman–Crippen LogP) is 9.67. The van der Waals surface area contributed by atoms with Crippen molar-refractivity contribution in [2.75, 3.05) is 0 Å². The summed E-state index contributed by atoms with van der Waals surface area (Å²) in [7, 11) is 0. The average Bonchev–Trinajstić information content (AvgIpc) is 3.42. The number of fused-ring (bicyclic) bond motifs is 6. The van der Waals surface area contributed by atoms with Crippen LogP contribution < -0.4 is 0 Å². The Hall–Kier alpha value is -3.82. The highest BCUT2D eigenvalue weighted by Crippen LogP contribution is 2.37. The van der Waals surface area contributed by atoms with Gasteiger partial charge in [0.2, 0.25) is 0 Å². The van der Waals surface area contributed by atoms with Crippen molar-refractivity contribution in [1.82, 2.24) is 4.57 Å². The van der Waals surface area contributed by atoms with Gasteiger partial charge < -0.3 is 8.98 Å². The molecular weight excluding hydrogens is 494 g/mol. The molecule has 0 radical (unpaired) electrons. The van der Waals surface area contributed by atoms with E-state index in [4.69, 9.17) is 4.42 Å². The number of para-hydroxylation sites is 1. The fraction of sp³-hybridized carbons (Fsp3) is 0.0625. The number of furan rings is 1. The van der Waals surface area contributed by atoms with Crippen molar-refractivity contribution in [3.8, 4) is 16.8 Å². The van der Waals surface area contributed by atoms with Crippen LogP contribution in [0.5, 0.6) is 0 Å². The molecule has 0 N–H and O–H groups in total. The van der Waals surface area contributed by atoms with E-state index in [2.05, 4.69) is 124 Å². The van der Waals surface area contributed by atoms with E-state index in [-0.39, 0.29) is 0 Å². The van der Waals surface area contributed by atoms with E-state index in [1.165, 1.54) is 38.6 Å². The second-order valence-corrected chi connectivity index (χ2v) is 9.98. The number of halogens is 1. The molecule has 0 atom stereocenters. The molecule has 2 heterocycles. The van der Waals surface area contributed by atoms with E-state index < -0.39 is 0 Å². The van der Waals surface area contributed by atoms with Gasteiger partial charge in [-0.2, -0.15) is 0 Å². The maximum Gasteiger partial charge on any atom is 0.136 e. The summed E-state index contributed by atoms with van der Waals surface area (Å²) in [6.45, 7) is 2.21. The molecule has 3 heteroatoms. The van der Waals surface area contributed by atoms with E-state index >= 15 is 0 Å². The third-order valence-electron chi connectivity index (χ3n) is 7.02. The SMILES string of the molecule is CCc1ccc2c3ccc(-c4ccc5c(c4)oc4cc(Br)ccc45)cc3n(-c3ccccc3)c2c1. The minimum Gasteiger partial charge on any atom is -0.456 e. The van der Waals surface area contributed by atoms with Crippen LogP contribution in [0.3, 0.4) is 0 Å². The molecule has 0 unspecified atom stereocenters. The van der Waals surface area contributed by atoms with Crippen LogP contribution in [0, 0.1) is 0 Å². The van der Waals surface area contributed by atoms with E-state index in [1.807, 2.05) is 6.07 Å². The smallest absolute Gasteiger partial charge is 0.136 e. The third-order valence-corrected chi connectivity index (χ3v) is 7.52. The van der Waals surface area contributed by atoms with Crippen molar-refractivity contribution in [1.29, 1.82) is 0 Å². The minimum atomic E-state index is 0.901. The largest absolute Gasteiger partial charge is 0.456 e. The van der Waals surface area contributed by atoms with Gasteiger partial charge in [0.15, 0.2) is 0 Å². The first-order chi connectivity index (χ1) is 17.2. The summed E-state index contributed by atoms with van der Waals surface area (Å²) < 4.78 is 9.63. The number of benzene rings is 5. The zero-order chi connectivity index (χ0) is 23.5. The molecule has 7 aromatic rings. The predicted molar refractivity (Wildman–Crippen MR) is 151 cm³/mol. The molecule has 7 rings (SSSR count). The molecule has 0 amide bonds. The zero-order valence-corrected chi connectivity index (χ0v) is 20.8. The van der Waals surface area contributed by atoms with E-state index in [0.29, 0.717) is 0 Å². The third kappa shape index (κ3) is 3.23. The fourth-order valence-electron chi connectivity index (χ4n) is 5.25. The normalized spacial score (nSPS) is 11.8. The monoisotopic (exact) mass is 515 g/mol. The molecule has 35 heavy (non-hydrogen) atoms. The van der Waals surface area contributed by atoms with Crippen LogP contribution in [0.2, 0.25) is 0 Å². The second kappa shape index (κ2) is 7.86. The van der Waals surface area contributed by atoms with Crippen molar-refractivity contribution in [2.45, 2.75) is 13.3 Å². The molecular formula is C32H22BrNO. The van der Waals surface area contributed by atoms with Gasteiger partial charge in [0, 0.05) is 31.7 Å². The summed E-state index contributed by atoms with van der Waals surface area (Å²) in [5.41, 5.74) is 9.13. The highest BCUT2D eigenvalue weighted by Gasteiger charge is 2.15. The van der Waals surface area contributed by atoms with Gasteiger partial charge in [-0.15, -0.1) is 0 Å². The summed E-state index contributed by atoms with van der Waals surface area (Å²) >= 11 is 3.55. The Morgan fingerprint density at radius 3 is 2.03 bits per heavy atom. The molecule has 2 aromatic heterocycles. The lowest BCUT2D eigenvalue weighted by Gasteiger charge is -2.09. The number of aromatic nitrogens is 1. The Labute approximate surface area is 211 Å². The number of aryl methyl sites for hydroxylation is 1. The summed E-state index contributed by atoms with van der Waals surface area (Å²) in [5.74, 6) is 0. The molecule has 0 fully saturated rings. The maximum absolute atomic E-state index is 6.21. The number of hydrogen-bond donors (Lipinski definition) is 0. The summed E-state index contributed by atoms with van der Waals surface area (Å²) in [4.78, 5) is 0. The Balaban J connectivity index is 1.48. The topological polar surface area (TPSA) is 18.1 Å². The number of nitrogens with zero attached hydrogens (tertiary/aromatic N) is 1. The van der Waals surface area contributed by atoms with Crippen molar-refractivity contribution >= 4 is 59.7 Å². The van der Waals surface area contributed by atoms with Gasteiger partial charge in [-0.05, 0) is 77.7 Å². The first-order valence-electron chi connectivity index (χ1n) is 11.9. The minimum absolute atomic E-state index is 0.901. The molecule has 0 aliphatic carbocycles. The maximum atomic E-state index is 6.21. The van der Waals surface area contributed by atoms with Crippen LogP contribution in [0.15, 0.2) is 112 Å². The molecule has 0 saturated carbocycles. The van der Waals surface area contributed by atoms with Crippen LogP contribution in [-0.4, -0.2) is 4.57 Å². The quantitative estimate of drug-likeness (QED) is 0.229. The van der Waals surface area contributed by atoms with Gasteiger partial charge >= 0.3 is 0 Å². The molecule has 5 aromatic carbocycles. The van der Waals surface area contributed by atoms with Gasteiger partial charge in [0.1, 0.15) is 11.2 Å². The van der Waals surface area contributed by atoms with Gasteiger partial charge in [-0.3, -0.25) is 0 Å². The van der Waals surface area contributed by atoms with Gasteiger partial charge in [0.05, 0.1) is 11.0 Å². The first-order valence-corrected chi connectivity index (χ1v) is 12.7. The zero-order valence-electron chi connectivity index (χ0n) is 19.3. The van der Waals surface area contributed by atoms with Crippen LogP contribution in [0.25, 0.3) is 60.6 Å². The standard InChI is InChI=1S/C32H22BrNO/c1-2-20-8-12-25-26-13-9-21(17-30(26)34(29(25)16-20)24-6-4-3-5-7-24)22-10-14-27-28-15-11-23(33)19-32(28)35-31(27)18-22/h3-19H,2H2,1H3. The summed E-state index contributed by atoms with van der Waals surface area (Å²) in [5, 5.41) is 4.83. The molecule has 0 aliphatic rings. The molecule has 0 spiro atoms. The van der Waals surface area contributed by atoms with Crippen molar-refractivity contribution < 1.29 is 4.42 Å². The summed E-state index contributed by atoms with van der Waals surface area (Å²) in [6, 6.07) is 37.0. The Kier molecular flexibility index (Phi) is 4.61. The van der Waals surface area contributed by atoms with Crippen LogP contribution in [0.1, 0.15) is 12.5 Å². The van der Waals surface area contributed by atoms with Gasteiger partial charge in [-0.1, -0.05) is 71.4 Å². The lowest BCUT2D eigenvalue weighted by Crippen LogP contribution is -1.94. The molecule has 2 nitrogen and oxygen atoms in total. The van der Waals surface area contributed by atoms with Crippen molar-refractivity contribution in [3.63, 3.8) is 0 Å². The van der Waals surface area contributed by atoms with E-state index in [9.17, 15) is 0 Å². The Morgan fingerprint density at radius 1 is 0.629 bits per heavy atom. The van der Waals surface area contributed by atoms with Gasteiger partial charge in [-0.25, -0.2) is 0 Å². The summed E-state index contributed by atoms with van der Waals surface area (Å²) in [6.07, 6.45) is 1.02. The average molecular weight is 516 g/mol.